The van der Waals surface area contributed by atoms with Gasteiger partial charge in [0.2, 0.25) is 0 Å². The number of nitrogens with one attached hydrogen (secondary N) is 2. The summed E-state index contributed by atoms with van der Waals surface area (Å²) in [5.74, 6) is 0.595. The summed E-state index contributed by atoms with van der Waals surface area (Å²) >= 11 is 4.93. The largest absolute Gasteiger partial charge is 0.508 e. The molecular formula is C26H18BrN5O2S. The fourth-order valence-electron chi connectivity index (χ4n) is 3.39. The van der Waals surface area contributed by atoms with E-state index in [0.717, 1.165) is 25.3 Å². The average Bonchev–Trinajstić information content (AvgIpc) is 2.87. The molecule has 0 aliphatic heterocycles. The van der Waals surface area contributed by atoms with Gasteiger partial charge in [-0.15, -0.1) is 0 Å². The van der Waals surface area contributed by atoms with Gasteiger partial charge >= 0.3 is 0 Å². The van der Waals surface area contributed by atoms with Crippen molar-refractivity contribution in [1.29, 1.82) is 0 Å². The van der Waals surface area contributed by atoms with Crippen molar-refractivity contribution in [3.8, 4) is 5.75 Å². The summed E-state index contributed by atoms with van der Waals surface area (Å²) in [4.78, 5) is 27.6. The van der Waals surface area contributed by atoms with Crippen molar-refractivity contribution in [3.63, 3.8) is 0 Å². The summed E-state index contributed by atoms with van der Waals surface area (Å²) in [5, 5.41) is 16.7. The van der Waals surface area contributed by atoms with Crippen molar-refractivity contribution < 1.29 is 9.90 Å². The van der Waals surface area contributed by atoms with Crippen LogP contribution in [-0.2, 0) is 0 Å². The number of hydrogen-bond donors (Lipinski definition) is 3. The molecule has 3 N–H and O–H groups in total. The molecule has 0 radical (unpaired) electrons. The Morgan fingerprint density at radius 3 is 2.60 bits per heavy atom. The Labute approximate surface area is 213 Å². The molecular weight excluding hydrogens is 526 g/mol. The zero-order valence-corrected chi connectivity index (χ0v) is 20.5. The highest BCUT2D eigenvalue weighted by atomic mass is 79.9. The predicted octanol–water partition coefficient (Wildman–Crippen LogP) is 6.64. The normalized spacial score (nSPS) is 10.8. The number of carbonyl (C=O) groups is 1. The highest BCUT2D eigenvalue weighted by Gasteiger charge is 2.13. The fourth-order valence-corrected chi connectivity index (χ4v) is 4.67. The van der Waals surface area contributed by atoms with Gasteiger partial charge in [0.25, 0.3) is 5.91 Å². The summed E-state index contributed by atoms with van der Waals surface area (Å²) < 4.78 is 0.831. The molecule has 3 aromatic carbocycles. The predicted molar refractivity (Wildman–Crippen MR) is 141 cm³/mol. The van der Waals surface area contributed by atoms with Crippen LogP contribution in [0, 0.1) is 0 Å². The van der Waals surface area contributed by atoms with Gasteiger partial charge in [-0.1, -0.05) is 33.8 Å². The van der Waals surface area contributed by atoms with Crippen LogP contribution in [0.1, 0.15) is 10.4 Å². The van der Waals surface area contributed by atoms with Crippen LogP contribution in [0.3, 0.4) is 0 Å². The standard InChI is InChI=1S/C26H18BrN5O2S/c27-17-4-1-3-16(13-17)26(34)31-18-6-11-23(35-20-9-7-19(33)8-10-20)22(14-18)32-25-21-5-2-12-28-24(21)29-15-30-25/h1-15,33H,(H,31,34)(H,28,29,30,32). The van der Waals surface area contributed by atoms with E-state index < -0.39 is 0 Å². The maximum absolute atomic E-state index is 12.8. The minimum atomic E-state index is -0.215. The van der Waals surface area contributed by atoms with Crippen LogP contribution < -0.4 is 10.6 Å². The molecule has 5 rings (SSSR count). The minimum absolute atomic E-state index is 0.207. The topological polar surface area (TPSA) is 100 Å². The van der Waals surface area contributed by atoms with E-state index >= 15 is 0 Å². The lowest BCUT2D eigenvalue weighted by Crippen LogP contribution is -2.12. The van der Waals surface area contributed by atoms with E-state index in [0.29, 0.717) is 22.7 Å². The van der Waals surface area contributed by atoms with Gasteiger partial charge in [-0.25, -0.2) is 15.0 Å². The number of fused-ring (bicyclic) bond motifs is 1. The van der Waals surface area contributed by atoms with Gasteiger partial charge in [0, 0.05) is 31.7 Å². The van der Waals surface area contributed by atoms with E-state index in [1.165, 1.54) is 18.1 Å². The van der Waals surface area contributed by atoms with E-state index in [1.807, 2.05) is 54.6 Å². The number of aromatic hydroxyl groups is 1. The zero-order chi connectivity index (χ0) is 24.2. The van der Waals surface area contributed by atoms with Gasteiger partial charge in [0.05, 0.1) is 11.1 Å². The molecule has 2 heterocycles. The van der Waals surface area contributed by atoms with Crippen LogP contribution in [0.15, 0.2) is 106 Å². The first kappa shape index (κ1) is 22.8. The molecule has 0 bridgehead atoms. The van der Waals surface area contributed by atoms with Crippen LogP contribution in [0.25, 0.3) is 11.0 Å². The van der Waals surface area contributed by atoms with Crippen LogP contribution in [-0.4, -0.2) is 26.0 Å². The first-order valence-electron chi connectivity index (χ1n) is 10.6. The number of aromatic nitrogens is 3. The molecule has 7 nitrogen and oxygen atoms in total. The Hall–Kier alpha value is -3.95. The van der Waals surface area contributed by atoms with Crippen molar-refractivity contribution in [1.82, 2.24) is 15.0 Å². The van der Waals surface area contributed by atoms with Crippen LogP contribution >= 0.6 is 27.7 Å². The third-order valence-corrected chi connectivity index (χ3v) is 6.63. The molecule has 0 unspecified atom stereocenters. The summed E-state index contributed by atoms with van der Waals surface area (Å²) in [7, 11) is 0. The second kappa shape index (κ2) is 10.1. The number of benzene rings is 3. The molecule has 0 saturated carbocycles. The number of halogens is 1. The van der Waals surface area contributed by atoms with Gasteiger partial charge in [0.15, 0.2) is 5.65 Å². The first-order valence-corrected chi connectivity index (χ1v) is 12.2. The van der Waals surface area contributed by atoms with Gasteiger partial charge in [-0.3, -0.25) is 4.79 Å². The molecule has 1 amide bonds. The van der Waals surface area contributed by atoms with E-state index in [1.54, 1.807) is 30.5 Å². The van der Waals surface area contributed by atoms with Crippen LogP contribution in [0.2, 0.25) is 0 Å². The summed E-state index contributed by atoms with van der Waals surface area (Å²) in [5.41, 5.74) is 2.50. The van der Waals surface area contributed by atoms with E-state index in [4.69, 9.17) is 0 Å². The number of pyridine rings is 1. The number of phenolic OH excluding ortho intramolecular Hbond substituents is 1. The number of amides is 1. The van der Waals surface area contributed by atoms with Crippen molar-refractivity contribution in [3.05, 3.63) is 101 Å². The molecule has 0 fully saturated rings. The summed E-state index contributed by atoms with van der Waals surface area (Å²) in [6.07, 6.45) is 3.15. The third-order valence-electron chi connectivity index (χ3n) is 5.05. The van der Waals surface area contributed by atoms with E-state index in [2.05, 4.69) is 41.5 Å². The Morgan fingerprint density at radius 2 is 1.77 bits per heavy atom. The number of rotatable bonds is 6. The molecule has 0 aliphatic rings. The smallest absolute Gasteiger partial charge is 0.255 e. The fraction of sp³-hybridized carbons (Fsp3) is 0. The zero-order valence-electron chi connectivity index (χ0n) is 18.1. The third kappa shape index (κ3) is 5.42. The van der Waals surface area contributed by atoms with Gasteiger partial charge in [-0.2, -0.15) is 0 Å². The molecule has 2 aromatic heterocycles. The average molecular weight is 544 g/mol. The highest BCUT2D eigenvalue weighted by Crippen LogP contribution is 2.37. The molecule has 0 aliphatic carbocycles. The van der Waals surface area contributed by atoms with Gasteiger partial charge < -0.3 is 15.7 Å². The first-order chi connectivity index (χ1) is 17.0. The van der Waals surface area contributed by atoms with Gasteiger partial charge in [-0.05, 0) is 72.8 Å². The van der Waals surface area contributed by atoms with E-state index in [9.17, 15) is 9.90 Å². The van der Waals surface area contributed by atoms with Crippen molar-refractivity contribution in [2.45, 2.75) is 9.79 Å². The Bertz CT molecular complexity index is 1520. The lowest BCUT2D eigenvalue weighted by molar-refractivity contribution is 0.102. The van der Waals surface area contributed by atoms with Crippen molar-refractivity contribution in [2.24, 2.45) is 0 Å². The Balaban J connectivity index is 1.50. The minimum Gasteiger partial charge on any atom is -0.508 e. The van der Waals surface area contributed by atoms with Crippen LogP contribution in [0.5, 0.6) is 5.75 Å². The molecule has 35 heavy (non-hydrogen) atoms. The highest BCUT2D eigenvalue weighted by molar-refractivity contribution is 9.10. The number of hydrogen-bond acceptors (Lipinski definition) is 7. The summed E-state index contributed by atoms with van der Waals surface area (Å²) in [6.45, 7) is 0. The number of nitrogens with zero attached hydrogens (tertiary/aromatic N) is 3. The second-order valence-corrected chi connectivity index (χ2v) is 9.52. The quantitative estimate of drug-likeness (QED) is 0.220. The molecule has 9 heteroatoms. The molecule has 0 saturated heterocycles. The SMILES string of the molecule is O=C(Nc1ccc(Sc2ccc(O)cc2)c(Nc2ncnc3ncccc23)c1)c1cccc(Br)c1. The summed E-state index contributed by atoms with van der Waals surface area (Å²) in [6, 6.07) is 23.6. The number of carbonyl (C=O) groups excluding carboxylic acids is 1. The number of phenols is 1. The molecule has 5 aromatic rings. The monoisotopic (exact) mass is 543 g/mol. The Kier molecular flexibility index (Phi) is 6.60. The maximum Gasteiger partial charge on any atom is 0.255 e. The lowest BCUT2D eigenvalue weighted by Gasteiger charge is -2.15. The molecule has 0 atom stereocenters. The molecule has 172 valence electrons. The van der Waals surface area contributed by atoms with E-state index in [-0.39, 0.29) is 11.7 Å². The number of anilines is 3. The second-order valence-electron chi connectivity index (χ2n) is 7.49. The van der Waals surface area contributed by atoms with Crippen molar-refractivity contribution >= 4 is 61.8 Å². The maximum atomic E-state index is 12.8. The van der Waals surface area contributed by atoms with Crippen molar-refractivity contribution in [2.75, 3.05) is 10.6 Å². The molecule has 0 spiro atoms. The Morgan fingerprint density at radius 1 is 0.914 bits per heavy atom. The lowest BCUT2D eigenvalue weighted by atomic mass is 10.2. The van der Waals surface area contributed by atoms with Crippen LogP contribution in [0.4, 0.5) is 17.2 Å². The van der Waals surface area contributed by atoms with Gasteiger partial charge in [0.1, 0.15) is 17.9 Å².